The third-order valence-electron chi connectivity index (χ3n) is 3.91. The molecule has 0 N–H and O–H groups in total. The third kappa shape index (κ3) is 2.80. The van der Waals surface area contributed by atoms with Crippen molar-refractivity contribution in [2.24, 2.45) is 0 Å². The molecule has 4 heterocycles. The molecule has 3 aromatic heterocycles. The number of aromatic nitrogens is 5. The summed E-state index contributed by atoms with van der Waals surface area (Å²) in [6.45, 7) is 1.18. The molecule has 0 spiro atoms. The molecule has 0 aromatic carbocycles. The van der Waals surface area contributed by atoms with Crippen LogP contribution >= 0.6 is 15.9 Å². The van der Waals surface area contributed by atoms with Crippen LogP contribution in [0.4, 0.5) is 0 Å². The second kappa shape index (κ2) is 6.12. The Morgan fingerprint density at radius 1 is 1.29 bits per heavy atom. The highest BCUT2D eigenvalue weighted by Crippen LogP contribution is 2.21. The summed E-state index contributed by atoms with van der Waals surface area (Å²) in [5.41, 5.74) is 3.11. The molecule has 4 rings (SSSR count). The minimum Gasteiger partial charge on any atom is -0.333 e. The van der Waals surface area contributed by atoms with Gasteiger partial charge in [0, 0.05) is 37.7 Å². The molecule has 120 valence electrons. The molecule has 24 heavy (non-hydrogen) atoms. The first-order chi connectivity index (χ1) is 11.7. The smallest absolute Gasteiger partial charge is 0.274 e. The normalized spacial score (nSPS) is 14.7. The molecule has 0 saturated heterocycles. The van der Waals surface area contributed by atoms with Gasteiger partial charge in [0.15, 0.2) is 11.3 Å². The van der Waals surface area contributed by atoms with E-state index in [1.54, 1.807) is 34.1 Å². The van der Waals surface area contributed by atoms with Gasteiger partial charge in [0.25, 0.3) is 5.91 Å². The first kappa shape index (κ1) is 14.9. The number of carbonyl (C=O) groups is 1. The van der Waals surface area contributed by atoms with Crippen molar-refractivity contribution in [3.8, 4) is 0 Å². The summed E-state index contributed by atoms with van der Waals surface area (Å²) in [4.78, 5) is 26.9. The number of hydrogen-bond acceptors (Lipinski definition) is 5. The van der Waals surface area contributed by atoms with Gasteiger partial charge < -0.3 is 4.90 Å². The van der Waals surface area contributed by atoms with Crippen molar-refractivity contribution in [2.45, 2.75) is 6.42 Å². The minimum atomic E-state index is -0.0883. The molecule has 0 bridgehead atoms. The molecule has 0 unspecified atom stereocenters. The fourth-order valence-electron chi connectivity index (χ4n) is 2.69. The third-order valence-corrected chi connectivity index (χ3v) is 4.32. The molecule has 7 nitrogen and oxygen atoms in total. The molecule has 0 atom stereocenters. The SMILES string of the molecule is O=C(c1cc2ncc(Br)cn2n1)N1CC=C(c2ccncn2)CC1. The Morgan fingerprint density at radius 2 is 2.21 bits per heavy atom. The van der Waals surface area contributed by atoms with Crippen molar-refractivity contribution in [2.75, 3.05) is 13.1 Å². The standard InChI is InChI=1S/C16H13BrN6O/c17-12-8-19-15-7-14(21-23(15)9-12)16(24)22-5-2-11(3-6-22)13-1-4-18-10-20-13/h1-2,4,7-10H,3,5-6H2. The lowest BCUT2D eigenvalue weighted by molar-refractivity contribution is 0.0766. The highest BCUT2D eigenvalue weighted by atomic mass is 79.9. The summed E-state index contributed by atoms with van der Waals surface area (Å²) in [7, 11) is 0. The van der Waals surface area contributed by atoms with E-state index in [1.807, 2.05) is 12.1 Å². The van der Waals surface area contributed by atoms with Crippen molar-refractivity contribution in [3.05, 3.63) is 59.0 Å². The van der Waals surface area contributed by atoms with Gasteiger partial charge in [-0.05, 0) is 34.0 Å². The van der Waals surface area contributed by atoms with Gasteiger partial charge in [-0.1, -0.05) is 6.08 Å². The van der Waals surface area contributed by atoms with Crippen LogP contribution in [0.15, 0.2) is 47.6 Å². The van der Waals surface area contributed by atoms with Crippen LogP contribution in [-0.2, 0) is 0 Å². The van der Waals surface area contributed by atoms with E-state index in [0.717, 1.165) is 22.2 Å². The van der Waals surface area contributed by atoms with Gasteiger partial charge in [-0.25, -0.2) is 19.5 Å². The van der Waals surface area contributed by atoms with Gasteiger partial charge in [-0.15, -0.1) is 0 Å². The summed E-state index contributed by atoms with van der Waals surface area (Å²) in [6.07, 6.45) is 9.53. The Kier molecular flexibility index (Phi) is 3.81. The average Bonchev–Trinajstić information content (AvgIpc) is 3.05. The zero-order valence-electron chi connectivity index (χ0n) is 12.6. The van der Waals surface area contributed by atoms with Gasteiger partial charge in [0.05, 0.1) is 10.2 Å². The summed E-state index contributed by atoms with van der Waals surface area (Å²) in [5.74, 6) is -0.0883. The maximum Gasteiger partial charge on any atom is 0.274 e. The van der Waals surface area contributed by atoms with Gasteiger partial charge >= 0.3 is 0 Å². The fraction of sp³-hybridized carbons (Fsp3) is 0.188. The molecule has 3 aromatic rings. The zero-order chi connectivity index (χ0) is 16.5. The van der Waals surface area contributed by atoms with Crippen LogP contribution in [0.1, 0.15) is 22.6 Å². The van der Waals surface area contributed by atoms with E-state index in [4.69, 9.17) is 0 Å². The molecule has 0 saturated carbocycles. The highest BCUT2D eigenvalue weighted by molar-refractivity contribution is 9.10. The molecule has 0 aliphatic carbocycles. The second-order valence-corrected chi connectivity index (χ2v) is 6.35. The van der Waals surface area contributed by atoms with E-state index in [1.165, 1.54) is 6.33 Å². The Bertz CT molecular complexity index is 936. The van der Waals surface area contributed by atoms with E-state index in [-0.39, 0.29) is 5.91 Å². The van der Waals surface area contributed by atoms with Crippen LogP contribution in [0.5, 0.6) is 0 Å². The van der Waals surface area contributed by atoms with Crippen molar-refractivity contribution >= 4 is 33.1 Å². The van der Waals surface area contributed by atoms with Crippen molar-refractivity contribution in [1.82, 2.24) is 29.5 Å². The topological polar surface area (TPSA) is 76.3 Å². The number of rotatable bonds is 2. The maximum atomic E-state index is 12.7. The molecule has 1 aliphatic heterocycles. The largest absolute Gasteiger partial charge is 0.333 e. The van der Waals surface area contributed by atoms with Crippen molar-refractivity contribution < 1.29 is 4.79 Å². The average molecular weight is 385 g/mol. The van der Waals surface area contributed by atoms with Gasteiger partial charge in [0.1, 0.15) is 6.33 Å². The number of halogens is 1. The summed E-state index contributed by atoms with van der Waals surface area (Å²) in [5, 5.41) is 4.32. The quantitative estimate of drug-likeness (QED) is 0.676. The van der Waals surface area contributed by atoms with Crippen LogP contribution < -0.4 is 0 Å². The van der Waals surface area contributed by atoms with E-state index in [0.29, 0.717) is 24.4 Å². The van der Waals surface area contributed by atoms with Crippen LogP contribution in [0.25, 0.3) is 11.2 Å². The molecular weight excluding hydrogens is 372 g/mol. The van der Waals surface area contributed by atoms with Gasteiger partial charge in [-0.2, -0.15) is 5.10 Å². The van der Waals surface area contributed by atoms with Crippen molar-refractivity contribution in [1.29, 1.82) is 0 Å². The number of fused-ring (bicyclic) bond motifs is 1. The monoisotopic (exact) mass is 384 g/mol. The lowest BCUT2D eigenvalue weighted by Gasteiger charge is -2.25. The van der Waals surface area contributed by atoms with E-state index < -0.39 is 0 Å². The van der Waals surface area contributed by atoms with E-state index in [2.05, 4.69) is 36.0 Å². The van der Waals surface area contributed by atoms with E-state index >= 15 is 0 Å². The van der Waals surface area contributed by atoms with Crippen LogP contribution in [0, 0.1) is 0 Å². The number of amides is 1. The molecular formula is C16H13BrN6O. The Morgan fingerprint density at radius 3 is 2.96 bits per heavy atom. The summed E-state index contributed by atoms with van der Waals surface area (Å²) >= 11 is 3.35. The Labute approximate surface area is 146 Å². The molecule has 1 aliphatic rings. The Hall–Kier alpha value is -2.61. The summed E-state index contributed by atoms with van der Waals surface area (Å²) < 4.78 is 2.41. The second-order valence-electron chi connectivity index (χ2n) is 5.43. The van der Waals surface area contributed by atoms with Crippen LogP contribution in [-0.4, -0.2) is 48.5 Å². The van der Waals surface area contributed by atoms with Crippen LogP contribution in [0.2, 0.25) is 0 Å². The maximum absolute atomic E-state index is 12.7. The van der Waals surface area contributed by atoms with E-state index in [9.17, 15) is 4.79 Å². The first-order valence-electron chi connectivity index (χ1n) is 7.46. The van der Waals surface area contributed by atoms with Crippen LogP contribution in [0.3, 0.4) is 0 Å². The zero-order valence-corrected chi connectivity index (χ0v) is 14.2. The highest BCUT2D eigenvalue weighted by Gasteiger charge is 2.22. The predicted molar refractivity (Wildman–Crippen MR) is 91.2 cm³/mol. The first-order valence-corrected chi connectivity index (χ1v) is 8.25. The molecule has 1 amide bonds. The fourth-order valence-corrected chi connectivity index (χ4v) is 2.98. The Balaban J connectivity index is 1.54. The number of nitrogens with zero attached hydrogens (tertiary/aromatic N) is 6. The molecule has 0 radical (unpaired) electrons. The lowest BCUT2D eigenvalue weighted by atomic mass is 10.0. The van der Waals surface area contributed by atoms with Gasteiger partial charge in [0.2, 0.25) is 0 Å². The predicted octanol–water partition coefficient (Wildman–Crippen LogP) is 2.21. The van der Waals surface area contributed by atoms with Gasteiger partial charge in [-0.3, -0.25) is 4.79 Å². The molecule has 0 fully saturated rings. The number of hydrogen-bond donors (Lipinski definition) is 0. The van der Waals surface area contributed by atoms with Crippen molar-refractivity contribution in [3.63, 3.8) is 0 Å². The number of carbonyl (C=O) groups excluding carboxylic acids is 1. The lowest BCUT2D eigenvalue weighted by Crippen LogP contribution is -2.35. The molecule has 8 heteroatoms. The minimum absolute atomic E-state index is 0.0883. The summed E-state index contributed by atoms with van der Waals surface area (Å²) in [6, 6.07) is 3.59.